The highest BCUT2D eigenvalue weighted by atomic mass is 19.4. The molecule has 0 radical (unpaired) electrons. The number of aryl methyl sites for hydroxylation is 1. The Hall–Kier alpha value is -4.32. The van der Waals surface area contributed by atoms with Gasteiger partial charge in [-0.1, -0.05) is 36.4 Å². The van der Waals surface area contributed by atoms with Crippen molar-refractivity contribution in [1.82, 2.24) is 9.88 Å². The van der Waals surface area contributed by atoms with Gasteiger partial charge in [-0.05, 0) is 68.8 Å². The summed E-state index contributed by atoms with van der Waals surface area (Å²) in [7, 11) is 1.20. The number of benzene rings is 3. The molecule has 2 heterocycles. The van der Waals surface area contributed by atoms with Crippen molar-refractivity contribution in [3.8, 4) is 5.75 Å². The summed E-state index contributed by atoms with van der Waals surface area (Å²) in [5.41, 5.74) is -0.532. The van der Waals surface area contributed by atoms with E-state index in [0.29, 0.717) is 36.5 Å². The molecular formula is C33H31F6N3O3. The van der Waals surface area contributed by atoms with Crippen LogP contribution in [0.25, 0.3) is 10.9 Å². The maximum atomic E-state index is 13.8. The van der Waals surface area contributed by atoms with Crippen LogP contribution in [0.2, 0.25) is 0 Å². The lowest BCUT2D eigenvalue weighted by molar-refractivity contribution is -0.150. The standard InChI is InChI=1S/C33H31F6N3O3/c1-21-16-29(27-8-3-4-9-28(27)40-21)41-25-18-24(33(37,38)39)19-26(20-25)45-15-14-42-12-10-31(11-13-42,30(43)44-2)22-6-5-7-23(17-22)32(34,35)36/h3-9,16-20H,10-15H2,1-2H3,(H,40,41). The van der Waals surface area contributed by atoms with E-state index < -0.39 is 34.9 Å². The first-order chi connectivity index (χ1) is 21.3. The zero-order valence-corrected chi connectivity index (χ0v) is 24.6. The number of fused-ring (bicyclic) bond motifs is 1. The third-order valence-electron chi connectivity index (χ3n) is 8.06. The third-order valence-corrected chi connectivity index (χ3v) is 8.06. The van der Waals surface area contributed by atoms with Gasteiger partial charge in [0, 0.05) is 35.1 Å². The minimum absolute atomic E-state index is 0.0206. The molecule has 0 amide bonds. The first-order valence-electron chi connectivity index (χ1n) is 14.3. The molecule has 1 aliphatic heterocycles. The van der Waals surface area contributed by atoms with Crippen LogP contribution in [0.5, 0.6) is 5.75 Å². The summed E-state index contributed by atoms with van der Waals surface area (Å²) in [6.45, 7) is 2.87. The number of nitrogens with one attached hydrogen (secondary N) is 1. The Morgan fingerprint density at radius 1 is 0.911 bits per heavy atom. The van der Waals surface area contributed by atoms with Gasteiger partial charge in [0.15, 0.2) is 0 Å². The van der Waals surface area contributed by atoms with E-state index in [1.807, 2.05) is 29.2 Å². The van der Waals surface area contributed by atoms with Crippen LogP contribution in [-0.2, 0) is 27.3 Å². The lowest BCUT2D eigenvalue weighted by atomic mass is 9.72. The number of para-hydroxylation sites is 1. The minimum atomic E-state index is -4.61. The van der Waals surface area contributed by atoms with Gasteiger partial charge in [-0.2, -0.15) is 26.3 Å². The molecule has 0 aliphatic carbocycles. The Balaban J connectivity index is 1.28. The maximum absolute atomic E-state index is 13.8. The van der Waals surface area contributed by atoms with Crippen molar-refractivity contribution in [2.75, 3.05) is 38.7 Å². The van der Waals surface area contributed by atoms with Crippen LogP contribution in [0.4, 0.5) is 37.7 Å². The summed E-state index contributed by atoms with van der Waals surface area (Å²) in [5, 5.41) is 3.84. The fourth-order valence-electron chi connectivity index (χ4n) is 5.74. The number of methoxy groups -OCH3 is 1. The van der Waals surface area contributed by atoms with Crippen molar-refractivity contribution >= 4 is 28.2 Å². The van der Waals surface area contributed by atoms with Gasteiger partial charge in [0.2, 0.25) is 0 Å². The third kappa shape index (κ3) is 7.16. The van der Waals surface area contributed by atoms with Crippen molar-refractivity contribution in [2.24, 2.45) is 0 Å². The molecule has 4 aromatic rings. The minimum Gasteiger partial charge on any atom is -0.492 e. The number of rotatable bonds is 8. The number of anilines is 2. The fraction of sp³-hybridized carbons (Fsp3) is 0.333. The van der Waals surface area contributed by atoms with Crippen molar-refractivity contribution in [2.45, 2.75) is 37.5 Å². The first-order valence-corrected chi connectivity index (χ1v) is 14.3. The van der Waals surface area contributed by atoms with Crippen molar-refractivity contribution in [1.29, 1.82) is 0 Å². The van der Waals surface area contributed by atoms with E-state index in [9.17, 15) is 31.1 Å². The number of halogens is 6. The van der Waals surface area contributed by atoms with E-state index in [2.05, 4.69) is 10.3 Å². The van der Waals surface area contributed by atoms with Gasteiger partial charge < -0.3 is 14.8 Å². The van der Waals surface area contributed by atoms with Gasteiger partial charge in [0.05, 0.1) is 29.2 Å². The normalized spacial score (nSPS) is 15.6. The number of ether oxygens (including phenoxy) is 2. The van der Waals surface area contributed by atoms with Gasteiger partial charge in [-0.15, -0.1) is 0 Å². The summed E-state index contributed by atoms with van der Waals surface area (Å²) in [4.78, 5) is 19.3. The summed E-state index contributed by atoms with van der Waals surface area (Å²) in [6.07, 6.45) is -8.76. The Morgan fingerprint density at radius 2 is 1.62 bits per heavy atom. The fourth-order valence-corrected chi connectivity index (χ4v) is 5.74. The highest BCUT2D eigenvalue weighted by Crippen LogP contribution is 2.40. The molecule has 5 rings (SSSR count). The van der Waals surface area contributed by atoms with Crippen molar-refractivity contribution in [3.05, 3.63) is 95.2 Å². The number of nitrogens with zero attached hydrogens (tertiary/aromatic N) is 2. The lowest BCUT2D eigenvalue weighted by Gasteiger charge is -2.40. The van der Waals surface area contributed by atoms with Crippen LogP contribution in [0, 0.1) is 6.92 Å². The Labute approximate surface area is 256 Å². The number of esters is 1. The number of aromatic nitrogens is 1. The molecule has 6 nitrogen and oxygen atoms in total. The number of pyridine rings is 1. The molecule has 0 bridgehead atoms. The summed E-state index contributed by atoms with van der Waals surface area (Å²) in [6, 6.07) is 17.2. The molecular weight excluding hydrogens is 600 g/mol. The number of alkyl halides is 6. The molecule has 1 fully saturated rings. The highest BCUT2D eigenvalue weighted by molar-refractivity contribution is 5.93. The molecule has 0 unspecified atom stereocenters. The van der Waals surface area contributed by atoms with Crippen LogP contribution in [-0.4, -0.2) is 49.2 Å². The molecule has 0 spiro atoms. The van der Waals surface area contributed by atoms with Crippen LogP contribution in [0.15, 0.2) is 72.8 Å². The van der Waals surface area contributed by atoms with Gasteiger partial charge in [0.1, 0.15) is 12.4 Å². The Morgan fingerprint density at radius 3 is 2.31 bits per heavy atom. The Kier molecular flexibility index (Phi) is 8.97. The Bertz CT molecular complexity index is 1680. The van der Waals surface area contributed by atoms with Crippen LogP contribution >= 0.6 is 0 Å². The van der Waals surface area contributed by atoms with Gasteiger partial charge in [-0.3, -0.25) is 14.7 Å². The second-order valence-electron chi connectivity index (χ2n) is 11.0. The SMILES string of the molecule is COC(=O)C1(c2cccc(C(F)(F)F)c2)CCN(CCOc2cc(Nc3cc(C)nc4ccccc34)cc(C(F)(F)F)c2)CC1. The highest BCUT2D eigenvalue weighted by Gasteiger charge is 2.45. The number of carbonyl (C=O) groups excluding carboxylic acids is 1. The average Bonchev–Trinajstić information content (AvgIpc) is 3.00. The zero-order valence-electron chi connectivity index (χ0n) is 24.6. The van der Waals surface area contributed by atoms with E-state index in [4.69, 9.17) is 9.47 Å². The second-order valence-corrected chi connectivity index (χ2v) is 11.0. The predicted octanol–water partition coefficient (Wildman–Crippen LogP) is 7.91. The van der Waals surface area contributed by atoms with Gasteiger partial charge in [0.25, 0.3) is 0 Å². The molecule has 1 saturated heterocycles. The van der Waals surface area contributed by atoms with Gasteiger partial charge >= 0.3 is 18.3 Å². The molecule has 3 aromatic carbocycles. The number of hydrogen-bond donors (Lipinski definition) is 1. The van der Waals surface area contributed by atoms with Crippen LogP contribution in [0.3, 0.4) is 0 Å². The number of likely N-dealkylation sites (tertiary alicyclic amines) is 1. The van der Waals surface area contributed by atoms with E-state index >= 15 is 0 Å². The zero-order chi connectivity index (χ0) is 32.4. The lowest BCUT2D eigenvalue weighted by Crippen LogP contribution is -2.48. The molecule has 45 heavy (non-hydrogen) atoms. The molecule has 1 aromatic heterocycles. The van der Waals surface area contributed by atoms with Crippen molar-refractivity contribution < 1.29 is 40.6 Å². The molecule has 0 saturated carbocycles. The monoisotopic (exact) mass is 631 g/mol. The quantitative estimate of drug-likeness (QED) is 0.158. The second kappa shape index (κ2) is 12.6. The van der Waals surface area contributed by atoms with E-state index in [-0.39, 0.29) is 36.4 Å². The van der Waals surface area contributed by atoms with Crippen LogP contribution < -0.4 is 10.1 Å². The summed E-state index contributed by atoms with van der Waals surface area (Å²) >= 11 is 0. The molecule has 238 valence electrons. The largest absolute Gasteiger partial charge is 0.492 e. The van der Waals surface area contributed by atoms with E-state index in [0.717, 1.165) is 29.7 Å². The first kappa shape index (κ1) is 32.1. The molecule has 1 N–H and O–H groups in total. The maximum Gasteiger partial charge on any atom is 0.416 e. The van der Waals surface area contributed by atoms with Gasteiger partial charge in [-0.25, -0.2) is 0 Å². The molecule has 12 heteroatoms. The van der Waals surface area contributed by atoms with Crippen LogP contribution in [0.1, 0.15) is 35.2 Å². The van der Waals surface area contributed by atoms with E-state index in [1.165, 1.54) is 25.3 Å². The van der Waals surface area contributed by atoms with Crippen molar-refractivity contribution in [3.63, 3.8) is 0 Å². The molecule has 1 aliphatic rings. The number of hydrogen-bond acceptors (Lipinski definition) is 6. The summed E-state index contributed by atoms with van der Waals surface area (Å²) in [5.74, 6) is -0.591. The number of carbonyl (C=O) groups is 1. The van der Waals surface area contributed by atoms with E-state index in [1.54, 1.807) is 13.0 Å². The predicted molar refractivity (Wildman–Crippen MR) is 158 cm³/mol. The molecule has 0 atom stereocenters. The topological polar surface area (TPSA) is 63.7 Å². The number of piperidine rings is 1. The smallest absolute Gasteiger partial charge is 0.416 e. The summed E-state index contributed by atoms with van der Waals surface area (Å²) < 4.78 is 92.4. The average molecular weight is 632 g/mol.